The smallest absolute Gasteiger partial charge is 0.255 e. The van der Waals surface area contributed by atoms with Crippen LogP contribution in [0.2, 0.25) is 0 Å². The Bertz CT molecular complexity index is 1100. The Morgan fingerprint density at radius 1 is 0.964 bits per heavy atom. The van der Waals surface area contributed by atoms with Crippen molar-refractivity contribution in [3.63, 3.8) is 0 Å². The molecule has 0 atom stereocenters. The lowest BCUT2D eigenvalue weighted by Crippen LogP contribution is -2.19. The molecular formula is C22H22N2O4. The van der Waals surface area contributed by atoms with Crippen LogP contribution in [0.5, 0.6) is 11.5 Å². The minimum atomic E-state index is -0.281. The van der Waals surface area contributed by atoms with E-state index in [4.69, 9.17) is 9.47 Å². The fourth-order valence-corrected chi connectivity index (χ4v) is 3.78. The van der Waals surface area contributed by atoms with Gasteiger partial charge in [0.25, 0.3) is 11.5 Å². The number of aryl methyl sites for hydroxylation is 1. The van der Waals surface area contributed by atoms with Gasteiger partial charge in [-0.15, -0.1) is 0 Å². The van der Waals surface area contributed by atoms with E-state index in [0.717, 1.165) is 47.7 Å². The number of carbonyl (C=O) groups excluding carboxylic acids is 1. The van der Waals surface area contributed by atoms with Gasteiger partial charge in [-0.05, 0) is 55.5 Å². The average Bonchev–Trinajstić information content (AvgIpc) is 2.73. The molecule has 1 aliphatic rings. The van der Waals surface area contributed by atoms with Crippen molar-refractivity contribution < 1.29 is 14.3 Å². The van der Waals surface area contributed by atoms with E-state index in [9.17, 15) is 9.59 Å². The van der Waals surface area contributed by atoms with Crippen molar-refractivity contribution in [2.75, 3.05) is 19.5 Å². The summed E-state index contributed by atoms with van der Waals surface area (Å²) in [6.45, 7) is 0. The maximum absolute atomic E-state index is 12.7. The standard InChI is InChI=1S/C22H22N2O4/c1-27-15-9-13(10-16(12-15)28-2)21(25)23-14-7-8-18-17-5-3-4-6-19(17)22(26)24-20(18)11-14/h7-12H,3-6H2,1-2H3,(H,23,25)(H,24,26). The first-order valence-corrected chi connectivity index (χ1v) is 9.31. The number of rotatable bonds is 4. The lowest BCUT2D eigenvalue weighted by molar-refractivity contribution is 0.102. The third-order valence-corrected chi connectivity index (χ3v) is 5.21. The summed E-state index contributed by atoms with van der Waals surface area (Å²) >= 11 is 0. The van der Waals surface area contributed by atoms with Crippen molar-refractivity contribution in [2.45, 2.75) is 25.7 Å². The van der Waals surface area contributed by atoms with E-state index < -0.39 is 0 Å². The second kappa shape index (κ2) is 7.38. The van der Waals surface area contributed by atoms with E-state index in [1.54, 1.807) is 24.3 Å². The van der Waals surface area contributed by atoms with Crippen molar-refractivity contribution in [1.82, 2.24) is 4.98 Å². The second-order valence-electron chi connectivity index (χ2n) is 6.93. The molecule has 6 nitrogen and oxygen atoms in total. The first-order chi connectivity index (χ1) is 13.6. The van der Waals surface area contributed by atoms with Crippen LogP contribution in [0.25, 0.3) is 10.9 Å². The molecule has 0 bridgehead atoms. The number of carbonyl (C=O) groups is 1. The predicted molar refractivity (Wildman–Crippen MR) is 109 cm³/mol. The zero-order chi connectivity index (χ0) is 19.7. The Balaban J connectivity index is 1.67. The van der Waals surface area contributed by atoms with E-state index in [1.807, 2.05) is 12.1 Å². The van der Waals surface area contributed by atoms with Gasteiger partial charge in [-0.25, -0.2) is 0 Å². The number of aromatic amines is 1. The fourth-order valence-electron chi connectivity index (χ4n) is 3.78. The van der Waals surface area contributed by atoms with Gasteiger partial charge in [0.1, 0.15) is 11.5 Å². The van der Waals surface area contributed by atoms with Crippen molar-refractivity contribution in [3.8, 4) is 11.5 Å². The highest BCUT2D eigenvalue weighted by molar-refractivity contribution is 6.05. The number of benzene rings is 2. The Labute approximate surface area is 162 Å². The molecule has 144 valence electrons. The van der Waals surface area contributed by atoms with Gasteiger partial charge in [0.2, 0.25) is 0 Å². The molecule has 2 aromatic carbocycles. The van der Waals surface area contributed by atoms with Gasteiger partial charge >= 0.3 is 0 Å². The first-order valence-electron chi connectivity index (χ1n) is 9.31. The van der Waals surface area contributed by atoms with Crippen LogP contribution in [0.15, 0.2) is 41.2 Å². The topological polar surface area (TPSA) is 80.4 Å². The van der Waals surface area contributed by atoms with Crippen molar-refractivity contribution in [1.29, 1.82) is 0 Å². The highest BCUT2D eigenvalue weighted by Crippen LogP contribution is 2.28. The van der Waals surface area contributed by atoms with E-state index >= 15 is 0 Å². The summed E-state index contributed by atoms with van der Waals surface area (Å²) in [5.74, 6) is 0.801. The molecule has 1 heterocycles. The number of aromatic nitrogens is 1. The third kappa shape index (κ3) is 3.33. The van der Waals surface area contributed by atoms with Gasteiger partial charge in [-0.2, -0.15) is 0 Å². The fraction of sp³-hybridized carbons (Fsp3) is 0.273. The number of hydrogen-bond donors (Lipinski definition) is 2. The largest absolute Gasteiger partial charge is 0.497 e. The normalized spacial score (nSPS) is 13.1. The molecule has 1 aromatic heterocycles. The number of hydrogen-bond acceptors (Lipinski definition) is 4. The van der Waals surface area contributed by atoms with Gasteiger partial charge in [-0.3, -0.25) is 9.59 Å². The van der Waals surface area contributed by atoms with Crippen LogP contribution in [-0.4, -0.2) is 25.1 Å². The molecule has 0 radical (unpaired) electrons. The molecule has 2 N–H and O–H groups in total. The number of H-pyrrole nitrogens is 1. The number of ether oxygens (including phenoxy) is 2. The quantitative estimate of drug-likeness (QED) is 0.726. The molecule has 28 heavy (non-hydrogen) atoms. The zero-order valence-corrected chi connectivity index (χ0v) is 15.9. The third-order valence-electron chi connectivity index (χ3n) is 5.21. The summed E-state index contributed by atoms with van der Waals surface area (Å²) in [6.07, 6.45) is 3.91. The number of pyridine rings is 1. The van der Waals surface area contributed by atoms with Crippen LogP contribution in [-0.2, 0) is 12.8 Å². The first kappa shape index (κ1) is 18.1. The summed E-state index contributed by atoms with van der Waals surface area (Å²) in [7, 11) is 3.08. The summed E-state index contributed by atoms with van der Waals surface area (Å²) in [4.78, 5) is 28.1. The summed E-state index contributed by atoms with van der Waals surface area (Å²) < 4.78 is 10.4. The van der Waals surface area contributed by atoms with Gasteiger partial charge in [0.15, 0.2) is 0 Å². The molecule has 6 heteroatoms. The molecule has 1 amide bonds. The van der Waals surface area contributed by atoms with E-state index in [1.165, 1.54) is 14.2 Å². The van der Waals surface area contributed by atoms with Gasteiger partial charge in [0.05, 0.1) is 19.7 Å². The minimum Gasteiger partial charge on any atom is -0.497 e. The van der Waals surface area contributed by atoms with E-state index in [0.29, 0.717) is 22.7 Å². The summed E-state index contributed by atoms with van der Waals surface area (Å²) in [6, 6.07) is 10.7. The van der Waals surface area contributed by atoms with Crippen LogP contribution in [0.1, 0.15) is 34.3 Å². The average molecular weight is 378 g/mol. The van der Waals surface area contributed by atoms with Crippen LogP contribution in [0.4, 0.5) is 5.69 Å². The predicted octanol–water partition coefficient (Wildman–Crippen LogP) is 3.68. The highest BCUT2D eigenvalue weighted by atomic mass is 16.5. The van der Waals surface area contributed by atoms with Crippen LogP contribution >= 0.6 is 0 Å². The Kier molecular flexibility index (Phi) is 4.77. The van der Waals surface area contributed by atoms with E-state index in [-0.39, 0.29) is 11.5 Å². The summed E-state index contributed by atoms with van der Waals surface area (Å²) in [5.41, 5.74) is 3.80. The van der Waals surface area contributed by atoms with Crippen LogP contribution in [0.3, 0.4) is 0 Å². The van der Waals surface area contributed by atoms with Crippen molar-refractivity contribution in [2.24, 2.45) is 0 Å². The number of fused-ring (bicyclic) bond motifs is 3. The second-order valence-corrected chi connectivity index (χ2v) is 6.93. The van der Waals surface area contributed by atoms with Crippen molar-refractivity contribution in [3.05, 3.63) is 63.4 Å². The Hall–Kier alpha value is -3.28. The molecule has 4 rings (SSSR count). The Morgan fingerprint density at radius 2 is 1.64 bits per heavy atom. The molecule has 1 aliphatic carbocycles. The highest BCUT2D eigenvalue weighted by Gasteiger charge is 2.17. The number of amides is 1. The van der Waals surface area contributed by atoms with Crippen molar-refractivity contribution >= 4 is 22.5 Å². The molecule has 0 saturated carbocycles. The SMILES string of the molecule is COc1cc(OC)cc(C(=O)Nc2ccc3c4c(c(=O)[nH]c3c2)CCCC4)c1. The maximum Gasteiger partial charge on any atom is 0.255 e. The van der Waals surface area contributed by atoms with Gasteiger partial charge in [-0.1, -0.05) is 6.07 Å². The van der Waals surface area contributed by atoms with Crippen LogP contribution in [0, 0.1) is 0 Å². The van der Waals surface area contributed by atoms with Gasteiger partial charge < -0.3 is 19.8 Å². The molecule has 3 aromatic rings. The number of nitrogens with one attached hydrogen (secondary N) is 2. The molecule has 0 unspecified atom stereocenters. The maximum atomic E-state index is 12.7. The Morgan fingerprint density at radius 3 is 2.32 bits per heavy atom. The molecule has 0 aliphatic heterocycles. The molecule has 0 spiro atoms. The minimum absolute atomic E-state index is 0.0248. The molecule has 0 saturated heterocycles. The number of anilines is 1. The summed E-state index contributed by atoms with van der Waals surface area (Å²) in [5, 5.41) is 3.93. The number of methoxy groups -OCH3 is 2. The lowest BCUT2D eigenvalue weighted by Gasteiger charge is -2.17. The van der Waals surface area contributed by atoms with Crippen LogP contribution < -0.4 is 20.3 Å². The zero-order valence-electron chi connectivity index (χ0n) is 15.9. The molecule has 0 fully saturated rings. The van der Waals surface area contributed by atoms with E-state index in [2.05, 4.69) is 10.3 Å². The monoisotopic (exact) mass is 378 g/mol. The molecular weight excluding hydrogens is 356 g/mol. The van der Waals surface area contributed by atoms with Gasteiger partial charge in [0, 0.05) is 28.3 Å². The lowest BCUT2D eigenvalue weighted by atomic mass is 9.90.